The number of carbonyl (C=O) groups excluding carboxylic acids is 4. The van der Waals surface area contributed by atoms with Gasteiger partial charge < -0.3 is 4.74 Å². The quantitative estimate of drug-likeness (QED) is 0.821. The Labute approximate surface area is 120 Å². The molecule has 1 fully saturated rings. The minimum absolute atomic E-state index is 0.0134. The minimum Gasteiger partial charge on any atom is -0.497 e. The number of benzene rings is 1. The lowest BCUT2D eigenvalue weighted by atomic mass is 10.1. The van der Waals surface area contributed by atoms with Crippen LogP contribution in [0.5, 0.6) is 5.75 Å². The first kappa shape index (κ1) is 14.7. The van der Waals surface area contributed by atoms with Gasteiger partial charge >= 0.3 is 6.03 Å². The first-order chi connectivity index (χ1) is 10.0. The zero-order valence-corrected chi connectivity index (χ0v) is 11.4. The lowest BCUT2D eigenvalue weighted by molar-refractivity contribution is -0.144. The van der Waals surface area contributed by atoms with Crippen molar-refractivity contribution in [3.63, 3.8) is 0 Å². The molecule has 1 saturated heterocycles. The molecule has 1 aliphatic rings. The van der Waals surface area contributed by atoms with Crippen LogP contribution in [0.4, 0.5) is 4.79 Å². The molecule has 1 N–H and O–H groups in total. The fourth-order valence-electron chi connectivity index (χ4n) is 1.99. The third-order valence-electron chi connectivity index (χ3n) is 3.02. The van der Waals surface area contributed by atoms with Gasteiger partial charge in [-0.05, 0) is 24.1 Å². The Morgan fingerprint density at radius 3 is 2.76 bits per heavy atom. The van der Waals surface area contributed by atoms with Crippen molar-refractivity contribution >= 4 is 23.8 Å². The number of methoxy groups -OCH3 is 1. The highest BCUT2D eigenvalue weighted by atomic mass is 16.5. The van der Waals surface area contributed by atoms with Crippen LogP contribution >= 0.6 is 0 Å². The maximum absolute atomic E-state index is 12.0. The summed E-state index contributed by atoms with van der Waals surface area (Å²) in [5.41, 5.74) is 0.851. The standard InChI is InChI=1S/C14H14N2O5/c1-21-10-4-2-3-9(7-10)5-6-12(18)16-13(19)8-11(17)15-14(16)20/h2-4,7H,5-6,8H2,1H3,(H,15,17,20). The van der Waals surface area contributed by atoms with Crippen LogP contribution in [0.25, 0.3) is 0 Å². The van der Waals surface area contributed by atoms with Crippen molar-refractivity contribution in [3.05, 3.63) is 29.8 Å². The van der Waals surface area contributed by atoms with Crippen molar-refractivity contribution in [2.45, 2.75) is 19.3 Å². The number of nitrogens with one attached hydrogen (secondary N) is 1. The molecule has 0 spiro atoms. The van der Waals surface area contributed by atoms with Crippen LogP contribution in [0.15, 0.2) is 24.3 Å². The number of carbonyl (C=O) groups is 4. The van der Waals surface area contributed by atoms with Gasteiger partial charge in [-0.2, -0.15) is 4.90 Å². The molecule has 7 nitrogen and oxygen atoms in total. The van der Waals surface area contributed by atoms with Gasteiger partial charge in [0.15, 0.2) is 0 Å². The SMILES string of the molecule is COc1cccc(CCC(=O)N2C(=O)CC(=O)NC2=O)c1. The number of imide groups is 4. The molecule has 21 heavy (non-hydrogen) atoms. The molecule has 0 saturated carbocycles. The normalized spacial score (nSPS) is 14.9. The second kappa shape index (κ2) is 6.17. The molecule has 0 atom stereocenters. The molecule has 0 aliphatic carbocycles. The molecule has 2 rings (SSSR count). The Balaban J connectivity index is 1.99. The van der Waals surface area contributed by atoms with Gasteiger partial charge in [0.2, 0.25) is 17.7 Å². The molecule has 5 amide bonds. The van der Waals surface area contributed by atoms with Gasteiger partial charge in [-0.25, -0.2) is 4.79 Å². The summed E-state index contributed by atoms with van der Waals surface area (Å²) in [5.74, 6) is -1.45. The molecule has 0 aromatic heterocycles. The van der Waals surface area contributed by atoms with Crippen molar-refractivity contribution in [2.24, 2.45) is 0 Å². The van der Waals surface area contributed by atoms with E-state index in [0.717, 1.165) is 5.56 Å². The summed E-state index contributed by atoms with van der Waals surface area (Å²) >= 11 is 0. The van der Waals surface area contributed by atoms with Gasteiger partial charge in [0.1, 0.15) is 12.2 Å². The van der Waals surface area contributed by atoms with Crippen LogP contribution in [-0.2, 0) is 20.8 Å². The highest BCUT2D eigenvalue weighted by molar-refractivity contribution is 6.21. The second-order valence-corrected chi connectivity index (χ2v) is 4.50. The molecular formula is C14H14N2O5. The molecule has 1 aromatic rings. The average Bonchev–Trinajstić information content (AvgIpc) is 2.44. The monoisotopic (exact) mass is 290 g/mol. The predicted octanol–water partition coefficient (Wildman–Crippen LogP) is 0.623. The van der Waals surface area contributed by atoms with Crippen LogP contribution in [0.1, 0.15) is 18.4 Å². The van der Waals surface area contributed by atoms with Crippen molar-refractivity contribution in [1.82, 2.24) is 10.2 Å². The number of nitrogens with zero attached hydrogens (tertiary/aromatic N) is 1. The van der Waals surface area contributed by atoms with Gasteiger partial charge in [0.25, 0.3) is 0 Å². The van der Waals surface area contributed by atoms with Gasteiger partial charge in [-0.15, -0.1) is 0 Å². The summed E-state index contributed by atoms with van der Waals surface area (Å²) in [4.78, 5) is 46.5. The fraction of sp³-hybridized carbons (Fsp3) is 0.286. The zero-order valence-electron chi connectivity index (χ0n) is 11.4. The van der Waals surface area contributed by atoms with Gasteiger partial charge in [0, 0.05) is 6.42 Å². The van der Waals surface area contributed by atoms with E-state index in [4.69, 9.17) is 4.74 Å². The van der Waals surface area contributed by atoms with E-state index < -0.39 is 30.2 Å². The third-order valence-corrected chi connectivity index (χ3v) is 3.02. The molecular weight excluding hydrogens is 276 g/mol. The molecule has 110 valence electrons. The Bertz CT molecular complexity index is 591. The zero-order chi connectivity index (χ0) is 15.4. The first-order valence-corrected chi connectivity index (χ1v) is 6.34. The van der Waals surface area contributed by atoms with E-state index in [1.54, 1.807) is 18.2 Å². The fourth-order valence-corrected chi connectivity index (χ4v) is 1.99. The number of amides is 5. The number of barbiturate groups is 1. The Hall–Kier alpha value is -2.70. The molecule has 0 unspecified atom stereocenters. The number of hydrogen-bond acceptors (Lipinski definition) is 5. The Morgan fingerprint density at radius 2 is 2.10 bits per heavy atom. The van der Waals surface area contributed by atoms with E-state index >= 15 is 0 Å². The highest BCUT2D eigenvalue weighted by Crippen LogP contribution is 2.15. The predicted molar refractivity (Wildman–Crippen MR) is 71.3 cm³/mol. The summed E-state index contributed by atoms with van der Waals surface area (Å²) in [7, 11) is 1.54. The van der Waals surface area contributed by atoms with E-state index in [2.05, 4.69) is 0 Å². The number of ether oxygens (including phenoxy) is 1. The van der Waals surface area contributed by atoms with E-state index in [1.165, 1.54) is 7.11 Å². The summed E-state index contributed by atoms with van der Waals surface area (Å²) in [5, 5.41) is 1.94. The van der Waals surface area contributed by atoms with Crippen molar-refractivity contribution in [3.8, 4) is 5.75 Å². The highest BCUT2D eigenvalue weighted by Gasteiger charge is 2.35. The van der Waals surface area contributed by atoms with Gasteiger partial charge in [-0.1, -0.05) is 12.1 Å². The van der Waals surface area contributed by atoms with E-state index in [1.807, 2.05) is 11.4 Å². The largest absolute Gasteiger partial charge is 0.497 e. The van der Waals surface area contributed by atoms with E-state index in [0.29, 0.717) is 17.1 Å². The summed E-state index contributed by atoms with van der Waals surface area (Å²) in [6.07, 6.45) is -0.141. The molecule has 1 heterocycles. The third kappa shape index (κ3) is 3.44. The summed E-state index contributed by atoms with van der Waals surface area (Å²) < 4.78 is 5.07. The molecule has 1 aliphatic heterocycles. The molecule has 1 aromatic carbocycles. The van der Waals surface area contributed by atoms with Crippen LogP contribution < -0.4 is 10.1 Å². The first-order valence-electron chi connectivity index (χ1n) is 6.34. The molecule has 7 heteroatoms. The van der Waals surface area contributed by atoms with Crippen LogP contribution in [0.2, 0.25) is 0 Å². The average molecular weight is 290 g/mol. The number of aryl methyl sites for hydroxylation is 1. The smallest absolute Gasteiger partial charge is 0.337 e. The lowest BCUT2D eigenvalue weighted by Gasteiger charge is -2.22. The Morgan fingerprint density at radius 1 is 1.33 bits per heavy atom. The summed E-state index contributed by atoms with van der Waals surface area (Å²) in [6, 6.07) is 6.17. The summed E-state index contributed by atoms with van der Waals surface area (Å²) in [6.45, 7) is 0. The van der Waals surface area contributed by atoms with Gasteiger partial charge in [0.05, 0.1) is 7.11 Å². The number of rotatable bonds is 4. The van der Waals surface area contributed by atoms with Crippen molar-refractivity contribution in [2.75, 3.05) is 7.11 Å². The number of hydrogen-bond donors (Lipinski definition) is 1. The molecule has 0 radical (unpaired) electrons. The van der Waals surface area contributed by atoms with E-state index in [-0.39, 0.29) is 6.42 Å². The van der Waals surface area contributed by atoms with E-state index in [9.17, 15) is 19.2 Å². The topological polar surface area (TPSA) is 92.8 Å². The van der Waals surface area contributed by atoms with Crippen LogP contribution in [-0.4, -0.2) is 35.8 Å². The Kier molecular flexibility index (Phi) is 4.32. The van der Waals surface area contributed by atoms with Crippen LogP contribution in [0.3, 0.4) is 0 Å². The van der Waals surface area contributed by atoms with Crippen molar-refractivity contribution < 1.29 is 23.9 Å². The maximum Gasteiger partial charge on any atom is 0.337 e. The number of urea groups is 1. The van der Waals surface area contributed by atoms with Crippen LogP contribution in [0, 0.1) is 0 Å². The molecule has 0 bridgehead atoms. The van der Waals surface area contributed by atoms with Crippen molar-refractivity contribution in [1.29, 1.82) is 0 Å². The van der Waals surface area contributed by atoms with Gasteiger partial charge in [-0.3, -0.25) is 19.7 Å². The maximum atomic E-state index is 12.0. The minimum atomic E-state index is -0.980. The second-order valence-electron chi connectivity index (χ2n) is 4.50. The lowest BCUT2D eigenvalue weighted by Crippen LogP contribution is -2.55.